The number of halogens is 1. The van der Waals surface area contributed by atoms with Crippen molar-refractivity contribution in [2.75, 3.05) is 13.2 Å². The minimum atomic E-state index is -0.449. The standard InChI is InChI=1S/C20H21ClN2O4/c1-13-10-15(21)11-14(2)19(13)27-12-18(24)26-9-5-8-23-17-7-4-3-6-16(17)22-20(23)25/h3-4,6-7,10-11H,5,8-9,12H2,1-2H3,(H,22,25). The highest BCUT2D eigenvalue weighted by molar-refractivity contribution is 6.30. The Kier molecular flexibility index (Phi) is 5.86. The third-order valence-corrected chi connectivity index (χ3v) is 4.45. The maximum absolute atomic E-state index is 12.0. The van der Waals surface area contributed by atoms with Gasteiger partial charge in [-0.05, 0) is 55.7 Å². The van der Waals surface area contributed by atoms with E-state index in [-0.39, 0.29) is 18.9 Å². The van der Waals surface area contributed by atoms with E-state index in [9.17, 15) is 9.59 Å². The zero-order valence-corrected chi connectivity index (χ0v) is 16.0. The summed E-state index contributed by atoms with van der Waals surface area (Å²) in [6.45, 7) is 4.26. The number of nitrogens with one attached hydrogen (secondary N) is 1. The molecule has 0 aliphatic rings. The molecule has 6 nitrogen and oxygen atoms in total. The summed E-state index contributed by atoms with van der Waals surface area (Å²) >= 11 is 5.99. The smallest absolute Gasteiger partial charge is 0.344 e. The molecule has 0 spiro atoms. The van der Waals surface area contributed by atoms with Crippen molar-refractivity contribution in [3.05, 3.63) is 63.0 Å². The SMILES string of the molecule is Cc1cc(Cl)cc(C)c1OCC(=O)OCCCn1c(=O)[nH]c2ccccc21. The first kappa shape index (κ1) is 19.0. The van der Waals surface area contributed by atoms with Gasteiger partial charge in [0.15, 0.2) is 6.61 Å². The third-order valence-electron chi connectivity index (χ3n) is 4.23. The van der Waals surface area contributed by atoms with E-state index in [1.54, 1.807) is 16.7 Å². The maximum Gasteiger partial charge on any atom is 0.344 e. The van der Waals surface area contributed by atoms with Gasteiger partial charge in [0.2, 0.25) is 0 Å². The Bertz CT molecular complexity index is 999. The van der Waals surface area contributed by atoms with E-state index in [0.717, 1.165) is 22.2 Å². The Labute approximate surface area is 161 Å². The number of para-hydroxylation sites is 2. The van der Waals surface area contributed by atoms with Gasteiger partial charge >= 0.3 is 11.7 Å². The molecule has 0 fully saturated rings. The van der Waals surface area contributed by atoms with Crippen molar-refractivity contribution in [1.29, 1.82) is 0 Å². The van der Waals surface area contributed by atoms with Crippen LogP contribution in [0.3, 0.4) is 0 Å². The van der Waals surface area contributed by atoms with Crippen molar-refractivity contribution < 1.29 is 14.3 Å². The molecular weight excluding hydrogens is 368 g/mol. The number of nitrogens with zero attached hydrogens (tertiary/aromatic N) is 1. The average Bonchev–Trinajstić information content (AvgIpc) is 2.93. The van der Waals surface area contributed by atoms with Crippen LogP contribution >= 0.6 is 11.6 Å². The van der Waals surface area contributed by atoms with Gasteiger partial charge in [-0.3, -0.25) is 4.57 Å². The number of aromatic amines is 1. The molecule has 0 saturated carbocycles. The highest BCUT2D eigenvalue weighted by atomic mass is 35.5. The molecule has 1 heterocycles. The highest BCUT2D eigenvalue weighted by Gasteiger charge is 2.10. The fourth-order valence-electron chi connectivity index (χ4n) is 3.04. The van der Waals surface area contributed by atoms with E-state index in [2.05, 4.69) is 4.98 Å². The van der Waals surface area contributed by atoms with Crippen LogP contribution < -0.4 is 10.4 Å². The number of hydrogen-bond donors (Lipinski definition) is 1. The molecule has 0 bridgehead atoms. The number of aromatic nitrogens is 2. The van der Waals surface area contributed by atoms with E-state index < -0.39 is 5.97 Å². The predicted octanol–water partition coefficient (Wildman–Crippen LogP) is 3.61. The predicted molar refractivity (Wildman–Crippen MR) is 105 cm³/mol. The summed E-state index contributed by atoms with van der Waals surface area (Å²) in [5.41, 5.74) is 3.20. The van der Waals surface area contributed by atoms with Gasteiger partial charge in [0, 0.05) is 11.6 Å². The average molecular weight is 389 g/mol. The summed E-state index contributed by atoms with van der Waals surface area (Å²) in [7, 11) is 0. The van der Waals surface area contributed by atoms with Crippen molar-refractivity contribution in [3.63, 3.8) is 0 Å². The van der Waals surface area contributed by atoms with Gasteiger partial charge < -0.3 is 14.5 Å². The van der Waals surface area contributed by atoms with Crippen LogP contribution in [0.4, 0.5) is 0 Å². The van der Waals surface area contributed by atoms with E-state index in [4.69, 9.17) is 21.1 Å². The number of fused-ring (bicyclic) bond motifs is 1. The van der Waals surface area contributed by atoms with Crippen LogP contribution in [0.2, 0.25) is 5.02 Å². The second kappa shape index (κ2) is 8.31. The summed E-state index contributed by atoms with van der Waals surface area (Å²) < 4.78 is 12.4. The van der Waals surface area contributed by atoms with Crippen molar-refractivity contribution in [2.24, 2.45) is 0 Å². The number of carbonyl (C=O) groups excluding carboxylic acids is 1. The summed E-state index contributed by atoms with van der Waals surface area (Å²) in [6.07, 6.45) is 0.534. The summed E-state index contributed by atoms with van der Waals surface area (Å²) in [4.78, 5) is 26.7. The van der Waals surface area contributed by atoms with Gasteiger partial charge in [-0.2, -0.15) is 0 Å². The lowest BCUT2D eigenvalue weighted by atomic mass is 10.1. The quantitative estimate of drug-likeness (QED) is 0.495. The maximum atomic E-state index is 12.0. The topological polar surface area (TPSA) is 73.3 Å². The van der Waals surface area contributed by atoms with Gasteiger partial charge in [-0.15, -0.1) is 0 Å². The zero-order chi connectivity index (χ0) is 19.4. The fraction of sp³-hybridized carbons (Fsp3) is 0.300. The van der Waals surface area contributed by atoms with Crippen LogP contribution in [0, 0.1) is 13.8 Å². The lowest BCUT2D eigenvalue weighted by Crippen LogP contribution is -2.20. The summed E-state index contributed by atoms with van der Waals surface area (Å²) in [5, 5.41) is 0.632. The molecule has 0 unspecified atom stereocenters. The Morgan fingerprint density at radius 3 is 2.63 bits per heavy atom. The van der Waals surface area contributed by atoms with Gasteiger partial charge in [0.1, 0.15) is 5.75 Å². The number of esters is 1. The Balaban J connectivity index is 1.47. The number of benzene rings is 2. The number of H-pyrrole nitrogens is 1. The third kappa shape index (κ3) is 4.52. The molecule has 0 saturated heterocycles. The first-order valence-electron chi connectivity index (χ1n) is 8.68. The van der Waals surface area contributed by atoms with Crippen LogP contribution in [0.5, 0.6) is 5.75 Å². The molecule has 0 aliphatic heterocycles. The fourth-order valence-corrected chi connectivity index (χ4v) is 3.36. The number of rotatable bonds is 7. The second-order valence-electron chi connectivity index (χ2n) is 6.33. The van der Waals surface area contributed by atoms with E-state index in [1.165, 1.54) is 0 Å². The Morgan fingerprint density at radius 2 is 1.89 bits per heavy atom. The number of ether oxygens (including phenoxy) is 2. The van der Waals surface area contributed by atoms with Gasteiger partial charge in [-0.1, -0.05) is 23.7 Å². The normalized spacial score (nSPS) is 10.9. The van der Waals surface area contributed by atoms with Gasteiger partial charge in [0.25, 0.3) is 0 Å². The van der Waals surface area contributed by atoms with Crippen LogP contribution in [0.15, 0.2) is 41.2 Å². The Hall–Kier alpha value is -2.73. The van der Waals surface area contributed by atoms with Crippen molar-refractivity contribution >= 4 is 28.6 Å². The molecular formula is C20H21ClN2O4. The molecule has 3 rings (SSSR count). The van der Waals surface area contributed by atoms with Crippen LogP contribution in [-0.4, -0.2) is 28.7 Å². The molecule has 27 heavy (non-hydrogen) atoms. The van der Waals surface area contributed by atoms with Crippen LogP contribution in [0.25, 0.3) is 11.0 Å². The molecule has 0 atom stereocenters. The highest BCUT2D eigenvalue weighted by Crippen LogP contribution is 2.26. The number of hydrogen-bond acceptors (Lipinski definition) is 4. The van der Waals surface area contributed by atoms with Crippen molar-refractivity contribution in [3.8, 4) is 5.75 Å². The molecule has 1 aromatic heterocycles. The van der Waals surface area contributed by atoms with E-state index >= 15 is 0 Å². The van der Waals surface area contributed by atoms with Crippen molar-refractivity contribution in [1.82, 2.24) is 9.55 Å². The minimum Gasteiger partial charge on any atom is -0.481 e. The second-order valence-corrected chi connectivity index (χ2v) is 6.77. The molecule has 7 heteroatoms. The molecule has 1 N–H and O–H groups in total. The van der Waals surface area contributed by atoms with Crippen LogP contribution in [-0.2, 0) is 16.1 Å². The summed E-state index contributed by atoms with van der Waals surface area (Å²) in [5.74, 6) is 0.191. The first-order chi connectivity index (χ1) is 13.0. The number of imidazole rings is 1. The number of carbonyl (C=O) groups is 1. The van der Waals surface area contributed by atoms with Crippen LogP contribution in [0.1, 0.15) is 17.5 Å². The first-order valence-corrected chi connectivity index (χ1v) is 9.06. The summed E-state index contributed by atoms with van der Waals surface area (Å²) in [6, 6.07) is 11.1. The van der Waals surface area contributed by atoms with Gasteiger partial charge in [-0.25, -0.2) is 9.59 Å². The Morgan fingerprint density at radius 1 is 1.19 bits per heavy atom. The monoisotopic (exact) mass is 388 g/mol. The lowest BCUT2D eigenvalue weighted by Gasteiger charge is -2.12. The van der Waals surface area contributed by atoms with Crippen molar-refractivity contribution in [2.45, 2.75) is 26.8 Å². The minimum absolute atomic E-state index is 0.167. The zero-order valence-electron chi connectivity index (χ0n) is 15.3. The largest absolute Gasteiger partial charge is 0.481 e. The molecule has 3 aromatic rings. The lowest BCUT2D eigenvalue weighted by molar-refractivity contribution is -0.146. The molecule has 2 aromatic carbocycles. The molecule has 142 valence electrons. The molecule has 0 radical (unpaired) electrons. The van der Waals surface area contributed by atoms with E-state index in [1.807, 2.05) is 38.1 Å². The molecule has 0 amide bonds. The van der Waals surface area contributed by atoms with E-state index in [0.29, 0.717) is 23.7 Å². The molecule has 0 aliphatic carbocycles. The van der Waals surface area contributed by atoms with Gasteiger partial charge in [0.05, 0.1) is 17.6 Å². The number of aryl methyl sites for hydroxylation is 3.